The van der Waals surface area contributed by atoms with Crippen molar-refractivity contribution < 1.29 is 46.0 Å². The number of halogens is 6. The van der Waals surface area contributed by atoms with E-state index >= 15 is 0 Å². The zero-order valence-electron chi connectivity index (χ0n) is 22.1. The second kappa shape index (κ2) is 15.7. The Kier molecular flexibility index (Phi) is 14.7. The van der Waals surface area contributed by atoms with Crippen LogP contribution in [0.25, 0.3) is 0 Å². The van der Waals surface area contributed by atoms with E-state index in [-0.39, 0.29) is 24.7 Å². The van der Waals surface area contributed by atoms with E-state index in [1.807, 2.05) is 27.7 Å². The minimum atomic E-state index is -5.72. The van der Waals surface area contributed by atoms with Crippen LogP contribution in [0.2, 0.25) is 0 Å². The Morgan fingerprint density at radius 3 is 1.08 bits per heavy atom. The fraction of sp³-hybridized carbons (Fsp3) is 0.556. The molecule has 2 aromatic carbocycles. The van der Waals surface area contributed by atoms with Crippen molar-refractivity contribution in [3.63, 3.8) is 0 Å². The van der Waals surface area contributed by atoms with E-state index in [9.17, 15) is 36.6 Å². The van der Waals surface area contributed by atoms with Crippen molar-refractivity contribution in [2.45, 2.75) is 84.4 Å². The van der Waals surface area contributed by atoms with Gasteiger partial charge in [-0.3, -0.25) is 0 Å². The Morgan fingerprint density at radius 2 is 0.865 bits per heavy atom. The van der Waals surface area contributed by atoms with Crippen LogP contribution in [-0.4, -0.2) is 48.0 Å². The molecule has 0 fully saturated rings. The molecular weight excluding hydrogens is 502 g/mol. The van der Waals surface area contributed by atoms with Crippen molar-refractivity contribution in [3.05, 3.63) is 59.7 Å². The van der Waals surface area contributed by atoms with E-state index in [2.05, 4.69) is 0 Å². The van der Waals surface area contributed by atoms with Gasteiger partial charge in [-0.15, -0.1) is 0 Å². The molecule has 0 saturated carbocycles. The highest BCUT2D eigenvalue weighted by molar-refractivity contribution is 5.47. The molecule has 0 aliphatic heterocycles. The van der Waals surface area contributed by atoms with E-state index in [0.29, 0.717) is 12.8 Å². The molecule has 0 aromatic heterocycles. The van der Waals surface area contributed by atoms with Crippen LogP contribution in [0.3, 0.4) is 0 Å². The van der Waals surface area contributed by atoms with Gasteiger partial charge in [-0.2, -0.15) is 26.3 Å². The molecule has 2 rings (SSSR count). The fourth-order valence-corrected chi connectivity index (χ4v) is 3.20. The predicted octanol–water partition coefficient (Wildman–Crippen LogP) is 7.45. The van der Waals surface area contributed by atoms with Gasteiger partial charge in [0, 0.05) is 0 Å². The minimum absolute atomic E-state index is 0.0303. The number of ether oxygens (including phenoxy) is 2. The number of alkyl halides is 6. The van der Waals surface area contributed by atoms with E-state index in [4.69, 9.17) is 9.47 Å². The van der Waals surface area contributed by atoms with Gasteiger partial charge in [0.1, 0.15) is 24.7 Å². The molecule has 0 amide bonds. The standard InChI is InChI=1S/C23H26F6O4.2C2H6/c1-3-17(30)13-32-19-9-5-15(6-10-19)21(22(24,25)26,23(27,28)29)16-7-11-20(12-8-16)33-14-18(31)4-2;2*1-2/h5-12,17-18,30-31H,3-4,13-14H2,1-2H3;2*1-2H3. The summed E-state index contributed by atoms with van der Waals surface area (Å²) in [6.45, 7) is 11.1. The lowest BCUT2D eigenvalue weighted by atomic mass is 9.73. The molecule has 2 N–H and O–H groups in total. The smallest absolute Gasteiger partial charge is 0.411 e. The first-order chi connectivity index (χ1) is 17.4. The molecular formula is C27H38F6O4. The third-order valence-electron chi connectivity index (χ3n) is 5.25. The van der Waals surface area contributed by atoms with Crippen LogP contribution < -0.4 is 9.47 Å². The van der Waals surface area contributed by atoms with Crippen molar-refractivity contribution in [1.82, 2.24) is 0 Å². The van der Waals surface area contributed by atoms with Gasteiger partial charge in [0.25, 0.3) is 0 Å². The van der Waals surface area contributed by atoms with Crippen LogP contribution in [0.1, 0.15) is 65.5 Å². The highest BCUT2D eigenvalue weighted by Crippen LogP contribution is 2.56. The van der Waals surface area contributed by atoms with Crippen molar-refractivity contribution in [2.24, 2.45) is 0 Å². The summed E-state index contributed by atoms with van der Waals surface area (Å²) in [6, 6.07) is 6.91. The summed E-state index contributed by atoms with van der Waals surface area (Å²) in [5.74, 6) is 0.0606. The predicted molar refractivity (Wildman–Crippen MR) is 132 cm³/mol. The average molecular weight is 541 g/mol. The van der Waals surface area contributed by atoms with Gasteiger partial charge >= 0.3 is 12.4 Å². The third kappa shape index (κ3) is 8.81. The van der Waals surface area contributed by atoms with Crippen LogP contribution in [0, 0.1) is 0 Å². The Hall–Kier alpha value is -2.46. The van der Waals surface area contributed by atoms with Gasteiger partial charge in [-0.25, -0.2) is 0 Å². The average Bonchev–Trinajstić information content (AvgIpc) is 2.88. The van der Waals surface area contributed by atoms with Gasteiger partial charge in [-0.1, -0.05) is 65.8 Å². The number of benzene rings is 2. The summed E-state index contributed by atoms with van der Waals surface area (Å²) >= 11 is 0. The minimum Gasteiger partial charge on any atom is -0.491 e. The topological polar surface area (TPSA) is 58.9 Å². The molecule has 0 saturated heterocycles. The van der Waals surface area contributed by atoms with Gasteiger partial charge in [0.05, 0.1) is 12.2 Å². The number of aliphatic hydroxyl groups excluding tert-OH is 2. The highest BCUT2D eigenvalue weighted by Gasteiger charge is 2.72. The van der Waals surface area contributed by atoms with Crippen LogP contribution >= 0.6 is 0 Å². The molecule has 37 heavy (non-hydrogen) atoms. The van der Waals surface area contributed by atoms with Gasteiger partial charge in [0.2, 0.25) is 5.41 Å². The van der Waals surface area contributed by atoms with Crippen molar-refractivity contribution in [1.29, 1.82) is 0 Å². The first kappa shape index (κ1) is 34.5. The molecule has 0 aliphatic rings. The number of rotatable bonds is 10. The Balaban J connectivity index is 0.00000308. The second-order valence-corrected chi connectivity index (χ2v) is 7.54. The second-order valence-electron chi connectivity index (χ2n) is 7.54. The Labute approximate surface area is 215 Å². The quantitative estimate of drug-likeness (QED) is 0.308. The number of aliphatic hydroxyl groups is 2. The third-order valence-corrected chi connectivity index (χ3v) is 5.25. The molecule has 2 unspecified atom stereocenters. The van der Waals surface area contributed by atoms with Gasteiger partial charge in [0.15, 0.2) is 0 Å². The zero-order chi connectivity index (χ0) is 28.9. The lowest BCUT2D eigenvalue weighted by Gasteiger charge is -2.38. The first-order valence-electron chi connectivity index (χ1n) is 12.3. The van der Waals surface area contributed by atoms with Gasteiger partial charge in [-0.05, 0) is 48.2 Å². The molecule has 4 nitrogen and oxygen atoms in total. The molecule has 0 radical (unpaired) electrons. The van der Waals surface area contributed by atoms with Crippen molar-refractivity contribution in [2.75, 3.05) is 13.2 Å². The fourth-order valence-electron chi connectivity index (χ4n) is 3.20. The maximum absolute atomic E-state index is 14.2. The zero-order valence-corrected chi connectivity index (χ0v) is 22.1. The monoisotopic (exact) mass is 540 g/mol. The van der Waals surface area contributed by atoms with E-state index in [1.165, 1.54) is 0 Å². The number of hydrogen-bond acceptors (Lipinski definition) is 4. The maximum Gasteiger partial charge on any atom is 0.411 e. The maximum atomic E-state index is 14.2. The largest absolute Gasteiger partial charge is 0.491 e. The molecule has 0 spiro atoms. The van der Waals surface area contributed by atoms with E-state index in [1.54, 1.807) is 13.8 Å². The highest BCUT2D eigenvalue weighted by atomic mass is 19.4. The van der Waals surface area contributed by atoms with Crippen molar-refractivity contribution in [3.8, 4) is 11.5 Å². The summed E-state index contributed by atoms with van der Waals surface area (Å²) in [4.78, 5) is 0. The summed E-state index contributed by atoms with van der Waals surface area (Å²) in [5.41, 5.74) is -6.34. The molecule has 10 heteroatoms. The van der Waals surface area contributed by atoms with E-state index in [0.717, 1.165) is 48.5 Å². The van der Waals surface area contributed by atoms with Crippen LogP contribution in [-0.2, 0) is 5.41 Å². The van der Waals surface area contributed by atoms with Gasteiger partial charge < -0.3 is 19.7 Å². The molecule has 2 aromatic rings. The molecule has 2 atom stereocenters. The normalized spacial score (nSPS) is 13.4. The van der Waals surface area contributed by atoms with Crippen LogP contribution in [0.15, 0.2) is 48.5 Å². The van der Waals surface area contributed by atoms with Crippen LogP contribution in [0.5, 0.6) is 11.5 Å². The summed E-state index contributed by atoms with van der Waals surface area (Å²) in [7, 11) is 0. The lowest BCUT2D eigenvalue weighted by Crippen LogP contribution is -2.54. The summed E-state index contributed by atoms with van der Waals surface area (Å²) in [6.07, 6.45) is -12.3. The first-order valence-corrected chi connectivity index (χ1v) is 12.3. The Morgan fingerprint density at radius 1 is 0.595 bits per heavy atom. The van der Waals surface area contributed by atoms with Crippen LogP contribution in [0.4, 0.5) is 26.3 Å². The molecule has 212 valence electrons. The lowest BCUT2D eigenvalue weighted by molar-refractivity contribution is -0.288. The van der Waals surface area contributed by atoms with E-state index < -0.39 is 41.1 Å². The Bertz CT molecular complexity index is 791. The summed E-state index contributed by atoms with van der Waals surface area (Å²) < 4.78 is 95.6. The SMILES string of the molecule is CC.CC.CCC(O)COc1ccc(C(c2ccc(OCC(O)CC)cc2)(C(F)(F)F)C(F)(F)F)cc1. The number of hydrogen-bond donors (Lipinski definition) is 2. The van der Waals surface area contributed by atoms with Crippen molar-refractivity contribution >= 4 is 0 Å². The molecule has 0 bridgehead atoms. The summed E-state index contributed by atoms with van der Waals surface area (Å²) in [5, 5.41) is 19.0. The molecule has 0 aliphatic carbocycles. The molecule has 0 heterocycles.